The Hall–Kier alpha value is -2.26. The van der Waals surface area contributed by atoms with Crippen LogP contribution in [0.15, 0.2) is 41.7 Å². The molecule has 100 valence electrons. The third kappa shape index (κ3) is 2.95. The van der Waals surface area contributed by atoms with Gasteiger partial charge in [0, 0.05) is 18.0 Å². The number of rotatable bonds is 5. The van der Waals surface area contributed by atoms with E-state index in [2.05, 4.69) is 14.7 Å². The zero-order valence-electron chi connectivity index (χ0n) is 9.61. The summed E-state index contributed by atoms with van der Waals surface area (Å²) in [7, 11) is -3.95. The summed E-state index contributed by atoms with van der Waals surface area (Å²) in [6.45, 7) is -0.0195. The van der Waals surface area contributed by atoms with E-state index in [1.165, 1.54) is 30.7 Å². The Morgan fingerprint density at radius 2 is 2.11 bits per heavy atom. The van der Waals surface area contributed by atoms with Gasteiger partial charge in [-0.3, -0.25) is 10.1 Å². The van der Waals surface area contributed by atoms with Crippen LogP contribution in [0, 0.1) is 10.1 Å². The van der Waals surface area contributed by atoms with Crippen molar-refractivity contribution in [3.63, 3.8) is 0 Å². The number of sulfonamides is 1. The van der Waals surface area contributed by atoms with Crippen molar-refractivity contribution in [1.29, 1.82) is 0 Å². The van der Waals surface area contributed by atoms with Crippen LogP contribution in [0.1, 0.15) is 5.69 Å². The number of hydrogen-bond donors (Lipinski definition) is 2. The van der Waals surface area contributed by atoms with Crippen LogP contribution in [0.3, 0.4) is 0 Å². The minimum atomic E-state index is -3.95. The number of nitrogens with zero attached hydrogens (tertiary/aromatic N) is 2. The first-order valence-corrected chi connectivity index (χ1v) is 6.69. The largest absolute Gasteiger partial charge is 0.347 e. The molecule has 0 aliphatic rings. The second-order valence-electron chi connectivity index (χ2n) is 3.63. The van der Waals surface area contributed by atoms with E-state index in [1.54, 1.807) is 0 Å². The van der Waals surface area contributed by atoms with E-state index in [1.807, 2.05) is 0 Å². The lowest BCUT2D eigenvalue weighted by molar-refractivity contribution is -0.387. The minimum absolute atomic E-state index is 0.0195. The topological polar surface area (TPSA) is 118 Å². The lowest BCUT2D eigenvalue weighted by Gasteiger charge is -2.05. The molecule has 0 saturated heterocycles. The maximum atomic E-state index is 12.0. The summed E-state index contributed by atoms with van der Waals surface area (Å²) in [5.41, 5.74) is 0.0989. The van der Waals surface area contributed by atoms with Gasteiger partial charge in [0.05, 0.1) is 17.8 Å². The van der Waals surface area contributed by atoms with E-state index in [4.69, 9.17) is 0 Å². The summed E-state index contributed by atoms with van der Waals surface area (Å²) in [5.74, 6) is 0. The van der Waals surface area contributed by atoms with Gasteiger partial charge in [-0.25, -0.2) is 18.1 Å². The van der Waals surface area contributed by atoms with E-state index in [0.29, 0.717) is 5.69 Å². The van der Waals surface area contributed by atoms with Crippen LogP contribution in [-0.4, -0.2) is 23.3 Å². The molecule has 0 fully saturated rings. The Morgan fingerprint density at radius 3 is 2.74 bits per heavy atom. The Balaban J connectivity index is 2.27. The highest BCUT2D eigenvalue weighted by Crippen LogP contribution is 2.22. The molecule has 0 unspecified atom stereocenters. The number of hydrogen-bond acceptors (Lipinski definition) is 5. The Bertz CT molecular complexity index is 681. The number of nitro groups is 1. The zero-order valence-corrected chi connectivity index (χ0v) is 10.4. The summed E-state index contributed by atoms with van der Waals surface area (Å²) in [6.07, 6.45) is 2.87. The van der Waals surface area contributed by atoms with Crippen LogP contribution < -0.4 is 4.72 Å². The van der Waals surface area contributed by atoms with Crippen LogP contribution in [0.4, 0.5) is 5.69 Å². The lowest BCUT2D eigenvalue weighted by Crippen LogP contribution is -2.24. The third-order valence-corrected chi connectivity index (χ3v) is 3.81. The predicted molar refractivity (Wildman–Crippen MR) is 65.7 cm³/mol. The molecule has 8 nitrogen and oxygen atoms in total. The smallest absolute Gasteiger partial charge is 0.289 e. The average molecular weight is 282 g/mol. The first-order valence-electron chi connectivity index (χ1n) is 5.21. The average Bonchev–Trinajstić information content (AvgIpc) is 2.89. The van der Waals surface area contributed by atoms with E-state index >= 15 is 0 Å². The van der Waals surface area contributed by atoms with Crippen molar-refractivity contribution in [2.24, 2.45) is 0 Å². The van der Waals surface area contributed by atoms with Gasteiger partial charge in [0.1, 0.15) is 0 Å². The number of para-hydroxylation sites is 1. The third-order valence-electron chi connectivity index (χ3n) is 2.36. The molecule has 19 heavy (non-hydrogen) atoms. The summed E-state index contributed by atoms with van der Waals surface area (Å²) < 4.78 is 26.3. The van der Waals surface area contributed by atoms with Crippen molar-refractivity contribution >= 4 is 15.7 Å². The molecule has 0 bridgehead atoms. The standard InChI is InChI=1S/C10H10N4O4S/c15-14(16)9-3-1-2-4-10(9)19(17,18)13-6-8-5-11-7-12-8/h1-5,7,13H,6H2,(H,11,12). The van der Waals surface area contributed by atoms with Crippen molar-refractivity contribution in [2.45, 2.75) is 11.4 Å². The van der Waals surface area contributed by atoms with Crippen molar-refractivity contribution in [2.75, 3.05) is 0 Å². The van der Waals surface area contributed by atoms with Crippen LogP contribution in [-0.2, 0) is 16.6 Å². The summed E-state index contributed by atoms with van der Waals surface area (Å²) in [6, 6.07) is 5.17. The summed E-state index contributed by atoms with van der Waals surface area (Å²) in [5, 5.41) is 10.8. The van der Waals surface area contributed by atoms with Gasteiger partial charge in [0.15, 0.2) is 4.90 Å². The molecule has 0 aliphatic heterocycles. The molecule has 1 aromatic carbocycles. The molecular formula is C10H10N4O4S. The van der Waals surface area contributed by atoms with Crippen molar-refractivity contribution in [3.05, 3.63) is 52.6 Å². The van der Waals surface area contributed by atoms with Gasteiger partial charge in [-0.15, -0.1) is 0 Å². The van der Waals surface area contributed by atoms with Crippen LogP contribution in [0.2, 0.25) is 0 Å². The zero-order chi connectivity index (χ0) is 13.9. The maximum absolute atomic E-state index is 12.0. The molecule has 1 aromatic heterocycles. The molecule has 0 saturated carbocycles. The minimum Gasteiger partial charge on any atom is -0.347 e. The number of benzene rings is 1. The molecule has 0 atom stereocenters. The Labute approximate surface area is 108 Å². The monoisotopic (exact) mass is 282 g/mol. The second-order valence-corrected chi connectivity index (χ2v) is 5.36. The van der Waals surface area contributed by atoms with E-state index in [9.17, 15) is 18.5 Å². The Morgan fingerprint density at radius 1 is 1.37 bits per heavy atom. The number of imidazole rings is 1. The quantitative estimate of drug-likeness (QED) is 0.621. The number of nitrogens with one attached hydrogen (secondary N) is 2. The molecule has 0 aliphatic carbocycles. The normalized spacial score (nSPS) is 11.4. The fourth-order valence-electron chi connectivity index (χ4n) is 1.47. The van der Waals surface area contributed by atoms with E-state index in [-0.39, 0.29) is 11.4 Å². The Kier molecular flexibility index (Phi) is 3.58. The van der Waals surface area contributed by atoms with Crippen molar-refractivity contribution in [1.82, 2.24) is 14.7 Å². The molecule has 9 heteroatoms. The first kappa shape index (κ1) is 13.2. The second kappa shape index (κ2) is 5.16. The van der Waals surface area contributed by atoms with E-state index in [0.717, 1.165) is 6.07 Å². The SMILES string of the molecule is O=[N+]([O-])c1ccccc1S(=O)(=O)NCc1cnc[nH]1. The molecule has 2 rings (SSSR count). The van der Waals surface area contributed by atoms with Gasteiger partial charge in [0.2, 0.25) is 10.0 Å². The molecule has 1 heterocycles. The van der Waals surface area contributed by atoms with Crippen LogP contribution >= 0.6 is 0 Å². The fraction of sp³-hybridized carbons (Fsp3) is 0.100. The van der Waals surface area contributed by atoms with Crippen molar-refractivity contribution < 1.29 is 13.3 Å². The number of aromatic nitrogens is 2. The van der Waals surface area contributed by atoms with Gasteiger partial charge < -0.3 is 4.98 Å². The summed E-state index contributed by atoms with van der Waals surface area (Å²) >= 11 is 0. The van der Waals surface area contributed by atoms with E-state index < -0.39 is 20.6 Å². The number of H-pyrrole nitrogens is 1. The molecular weight excluding hydrogens is 272 g/mol. The molecule has 0 spiro atoms. The fourth-order valence-corrected chi connectivity index (χ4v) is 2.64. The highest BCUT2D eigenvalue weighted by atomic mass is 32.2. The van der Waals surface area contributed by atoms with Gasteiger partial charge in [-0.05, 0) is 6.07 Å². The molecule has 0 radical (unpaired) electrons. The van der Waals surface area contributed by atoms with Gasteiger partial charge >= 0.3 is 0 Å². The van der Waals surface area contributed by atoms with Crippen LogP contribution in [0.5, 0.6) is 0 Å². The number of aromatic amines is 1. The van der Waals surface area contributed by atoms with Gasteiger partial charge in [-0.2, -0.15) is 0 Å². The number of nitro benzene ring substituents is 1. The molecule has 2 N–H and O–H groups in total. The maximum Gasteiger partial charge on any atom is 0.289 e. The lowest BCUT2D eigenvalue weighted by atomic mass is 10.3. The van der Waals surface area contributed by atoms with Crippen LogP contribution in [0.25, 0.3) is 0 Å². The first-order chi connectivity index (χ1) is 9.00. The van der Waals surface area contributed by atoms with Gasteiger partial charge in [0.25, 0.3) is 5.69 Å². The predicted octanol–water partition coefficient (Wildman–Crippen LogP) is 0.796. The highest BCUT2D eigenvalue weighted by molar-refractivity contribution is 7.89. The molecule has 2 aromatic rings. The van der Waals surface area contributed by atoms with Crippen molar-refractivity contribution in [3.8, 4) is 0 Å². The highest BCUT2D eigenvalue weighted by Gasteiger charge is 2.24. The summed E-state index contributed by atoms with van der Waals surface area (Å²) in [4.78, 5) is 16.2. The van der Waals surface area contributed by atoms with Gasteiger partial charge in [-0.1, -0.05) is 12.1 Å². The molecule has 0 amide bonds.